The third-order valence-corrected chi connectivity index (χ3v) is 6.33. The third-order valence-electron chi connectivity index (χ3n) is 4.70. The first-order chi connectivity index (χ1) is 14.2. The minimum Gasteiger partial charge on any atom is -0.356 e. The molecule has 1 aliphatic rings. The predicted molar refractivity (Wildman–Crippen MR) is 120 cm³/mol. The molecule has 1 aliphatic heterocycles. The number of hydrogen-bond donors (Lipinski definition) is 2. The first-order valence-electron chi connectivity index (χ1n) is 9.25. The van der Waals surface area contributed by atoms with Crippen LogP contribution in [-0.4, -0.2) is 55.5 Å². The van der Waals surface area contributed by atoms with E-state index in [1.54, 1.807) is 13.1 Å². The Morgan fingerprint density at radius 1 is 1.26 bits per heavy atom. The van der Waals surface area contributed by atoms with Gasteiger partial charge >= 0.3 is 15.5 Å². The minimum absolute atomic E-state index is 0. The highest BCUT2D eigenvalue weighted by molar-refractivity contribution is 14.0. The fourth-order valence-electron chi connectivity index (χ4n) is 3.08. The van der Waals surface area contributed by atoms with Gasteiger partial charge in [-0.15, -0.1) is 24.0 Å². The van der Waals surface area contributed by atoms with Crippen molar-refractivity contribution in [3.8, 4) is 11.3 Å². The zero-order valence-corrected chi connectivity index (χ0v) is 19.7. The van der Waals surface area contributed by atoms with Gasteiger partial charge in [-0.1, -0.05) is 35.5 Å². The number of rotatable bonds is 5. The van der Waals surface area contributed by atoms with Crippen LogP contribution in [0.4, 0.5) is 13.2 Å². The van der Waals surface area contributed by atoms with E-state index in [0.717, 1.165) is 5.56 Å². The Kier molecular flexibility index (Phi) is 8.71. The number of guanidine groups is 1. The Balaban J connectivity index is 0.00000341. The van der Waals surface area contributed by atoms with Crippen LogP contribution < -0.4 is 10.6 Å². The molecule has 0 saturated carbocycles. The summed E-state index contributed by atoms with van der Waals surface area (Å²) in [6.45, 7) is -0.0856. The van der Waals surface area contributed by atoms with Crippen molar-refractivity contribution < 1.29 is 26.1 Å². The summed E-state index contributed by atoms with van der Waals surface area (Å²) in [7, 11) is -3.72. The number of sulfonamides is 1. The first-order valence-corrected chi connectivity index (χ1v) is 10.7. The van der Waals surface area contributed by atoms with Crippen LogP contribution in [0.5, 0.6) is 0 Å². The summed E-state index contributed by atoms with van der Waals surface area (Å²) in [5.74, 6) is 1.07. The van der Waals surface area contributed by atoms with E-state index in [1.165, 1.54) is 0 Å². The van der Waals surface area contributed by atoms with E-state index < -0.39 is 15.5 Å². The molecule has 0 radical (unpaired) electrons. The molecular formula is C18H23F3IN5O3S. The van der Waals surface area contributed by atoms with Gasteiger partial charge in [0, 0.05) is 37.8 Å². The van der Waals surface area contributed by atoms with E-state index >= 15 is 0 Å². The zero-order chi connectivity index (χ0) is 21.8. The topological polar surface area (TPSA) is 99.8 Å². The summed E-state index contributed by atoms with van der Waals surface area (Å²) in [4.78, 5) is 4.09. The molecule has 1 fully saturated rings. The molecule has 3 rings (SSSR count). The maximum atomic E-state index is 12.7. The lowest BCUT2D eigenvalue weighted by atomic mass is 10.1. The number of aliphatic imine (C=N–C) groups is 1. The standard InChI is InChI=1S/C18H22F3N5O3S.HI/c1-22-17(23-12-15-11-16(29-25-15)13-5-3-2-4-6-13)24-14-7-9-26(10-8-14)30(27,28)18(19,20)21;/h2-6,11,14H,7-10,12H2,1H3,(H2,22,23,24);1H. The molecule has 2 aromatic rings. The van der Waals surface area contributed by atoms with Crippen LogP contribution in [0.1, 0.15) is 18.5 Å². The average molecular weight is 573 g/mol. The van der Waals surface area contributed by atoms with Crippen LogP contribution in [-0.2, 0) is 16.6 Å². The second-order valence-electron chi connectivity index (χ2n) is 6.74. The van der Waals surface area contributed by atoms with E-state index in [4.69, 9.17) is 4.52 Å². The van der Waals surface area contributed by atoms with E-state index in [1.807, 2.05) is 30.3 Å². The number of alkyl halides is 3. The van der Waals surface area contributed by atoms with Crippen LogP contribution in [0.2, 0.25) is 0 Å². The summed E-state index contributed by atoms with van der Waals surface area (Å²) < 4.78 is 66.8. The van der Waals surface area contributed by atoms with Gasteiger partial charge in [0.05, 0.1) is 6.54 Å². The highest BCUT2D eigenvalue weighted by Crippen LogP contribution is 2.29. The Hall–Kier alpha value is -1.87. The molecule has 8 nitrogen and oxygen atoms in total. The van der Waals surface area contributed by atoms with Crippen LogP contribution in [0.3, 0.4) is 0 Å². The van der Waals surface area contributed by atoms with Gasteiger partial charge in [-0.25, -0.2) is 8.42 Å². The maximum absolute atomic E-state index is 12.7. The number of benzene rings is 1. The number of hydrogen-bond acceptors (Lipinski definition) is 5. The zero-order valence-electron chi connectivity index (χ0n) is 16.6. The summed E-state index contributed by atoms with van der Waals surface area (Å²) in [5, 5.41) is 10.2. The third kappa shape index (κ3) is 6.32. The first kappa shape index (κ1) is 25.4. The van der Waals surface area contributed by atoms with E-state index in [0.29, 0.717) is 28.3 Å². The summed E-state index contributed by atoms with van der Waals surface area (Å²) >= 11 is 0. The van der Waals surface area contributed by atoms with Crippen LogP contribution in [0.15, 0.2) is 45.9 Å². The number of aromatic nitrogens is 1. The van der Waals surface area contributed by atoms with Gasteiger partial charge in [0.25, 0.3) is 0 Å². The van der Waals surface area contributed by atoms with Crippen molar-refractivity contribution in [2.75, 3.05) is 20.1 Å². The van der Waals surface area contributed by atoms with Crippen LogP contribution in [0.25, 0.3) is 11.3 Å². The maximum Gasteiger partial charge on any atom is 0.511 e. The molecule has 13 heteroatoms. The lowest BCUT2D eigenvalue weighted by molar-refractivity contribution is -0.0494. The monoisotopic (exact) mass is 573 g/mol. The fourth-order valence-corrected chi connectivity index (χ4v) is 4.07. The van der Waals surface area contributed by atoms with E-state index in [-0.39, 0.29) is 55.9 Å². The molecule has 1 aromatic carbocycles. The predicted octanol–water partition coefficient (Wildman–Crippen LogP) is 2.94. The largest absolute Gasteiger partial charge is 0.511 e. The van der Waals surface area contributed by atoms with Crippen molar-refractivity contribution >= 4 is 40.0 Å². The molecule has 1 saturated heterocycles. The van der Waals surface area contributed by atoms with Crippen molar-refractivity contribution in [3.05, 3.63) is 42.1 Å². The van der Waals surface area contributed by atoms with Gasteiger partial charge in [0.15, 0.2) is 11.7 Å². The molecule has 0 amide bonds. The smallest absolute Gasteiger partial charge is 0.356 e. The number of nitrogens with one attached hydrogen (secondary N) is 2. The van der Waals surface area contributed by atoms with Gasteiger partial charge in [-0.05, 0) is 12.8 Å². The molecule has 0 spiro atoms. The number of piperidine rings is 1. The van der Waals surface area contributed by atoms with Crippen molar-refractivity contribution in [1.29, 1.82) is 0 Å². The van der Waals surface area contributed by atoms with Gasteiger partial charge < -0.3 is 15.2 Å². The minimum atomic E-state index is -5.28. The van der Waals surface area contributed by atoms with E-state index in [9.17, 15) is 21.6 Å². The Morgan fingerprint density at radius 2 is 1.90 bits per heavy atom. The number of nitrogens with zero attached hydrogens (tertiary/aromatic N) is 3. The fraction of sp³-hybridized carbons (Fsp3) is 0.444. The van der Waals surface area contributed by atoms with Crippen molar-refractivity contribution in [1.82, 2.24) is 20.1 Å². The van der Waals surface area contributed by atoms with Gasteiger partial charge in [-0.2, -0.15) is 17.5 Å². The summed E-state index contributed by atoms with van der Waals surface area (Å²) in [6, 6.07) is 11.1. The normalized spacial score (nSPS) is 16.6. The molecule has 0 bridgehead atoms. The Labute approximate surface area is 195 Å². The molecule has 0 atom stereocenters. The summed E-state index contributed by atoms with van der Waals surface area (Å²) in [5.41, 5.74) is -3.72. The molecular weight excluding hydrogens is 550 g/mol. The molecule has 2 heterocycles. The van der Waals surface area contributed by atoms with Gasteiger partial charge in [0.1, 0.15) is 5.69 Å². The molecule has 1 aromatic heterocycles. The molecule has 31 heavy (non-hydrogen) atoms. The second-order valence-corrected chi connectivity index (χ2v) is 8.67. The molecule has 0 aliphatic carbocycles. The highest BCUT2D eigenvalue weighted by Gasteiger charge is 2.50. The van der Waals surface area contributed by atoms with Gasteiger partial charge in [-0.3, -0.25) is 4.99 Å². The van der Waals surface area contributed by atoms with Crippen LogP contribution >= 0.6 is 24.0 Å². The molecule has 2 N–H and O–H groups in total. The Morgan fingerprint density at radius 3 is 2.48 bits per heavy atom. The summed E-state index contributed by atoms with van der Waals surface area (Å²) in [6.07, 6.45) is 0.469. The number of halogens is 4. The average Bonchev–Trinajstić information content (AvgIpc) is 3.20. The molecule has 0 unspecified atom stereocenters. The quantitative estimate of drug-likeness (QED) is 0.325. The van der Waals surface area contributed by atoms with Gasteiger partial charge in [0.2, 0.25) is 0 Å². The second kappa shape index (κ2) is 10.6. The van der Waals surface area contributed by atoms with Crippen molar-refractivity contribution in [2.24, 2.45) is 4.99 Å². The van der Waals surface area contributed by atoms with Crippen molar-refractivity contribution in [3.63, 3.8) is 0 Å². The highest BCUT2D eigenvalue weighted by atomic mass is 127. The lowest BCUT2D eigenvalue weighted by Crippen LogP contribution is -2.51. The van der Waals surface area contributed by atoms with Crippen LogP contribution in [0, 0.1) is 0 Å². The lowest BCUT2D eigenvalue weighted by Gasteiger charge is -2.32. The van der Waals surface area contributed by atoms with E-state index in [2.05, 4.69) is 20.8 Å². The SMILES string of the molecule is CN=C(NCc1cc(-c2ccccc2)on1)NC1CCN(S(=O)(=O)C(F)(F)F)CC1.I. The Bertz CT molecular complexity index is 975. The van der Waals surface area contributed by atoms with Crippen molar-refractivity contribution in [2.45, 2.75) is 30.9 Å². The molecule has 172 valence electrons.